The van der Waals surface area contributed by atoms with Gasteiger partial charge in [0.2, 0.25) is 5.91 Å². The highest BCUT2D eigenvalue weighted by molar-refractivity contribution is 7.16. The van der Waals surface area contributed by atoms with E-state index < -0.39 is 6.04 Å². The Morgan fingerprint density at radius 1 is 1.19 bits per heavy atom. The van der Waals surface area contributed by atoms with E-state index in [0.717, 1.165) is 67.7 Å². The highest BCUT2D eigenvalue weighted by Crippen LogP contribution is 2.32. The lowest BCUT2D eigenvalue weighted by Crippen LogP contribution is -2.60. The number of urea groups is 1. The minimum Gasteiger partial charge on any atom is -0.343 e. The number of carbonyl (C=O) groups excluding carboxylic acids is 2. The van der Waals surface area contributed by atoms with Gasteiger partial charge in [-0.1, -0.05) is 57.0 Å². The lowest BCUT2D eigenvalue weighted by atomic mass is 10.0. The average Bonchev–Trinajstić information content (AvgIpc) is 3.18. The molecule has 3 amide bonds. The zero-order valence-electron chi connectivity index (χ0n) is 19.3. The van der Waals surface area contributed by atoms with Gasteiger partial charge in [-0.25, -0.2) is 9.78 Å². The van der Waals surface area contributed by atoms with Crippen LogP contribution in [0.3, 0.4) is 0 Å². The highest BCUT2D eigenvalue weighted by atomic mass is 32.1. The van der Waals surface area contributed by atoms with Crippen molar-refractivity contribution in [2.75, 3.05) is 25.0 Å². The van der Waals surface area contributed by atoms with Crippen molar-refractivity contribution in [3.05, 3.63) is 42.1 Å². The number of carbonyl (C=O) groups is 2. The Balaban J connectivity index is 1.63. The zero-order valence-corrected chi connectivity index (χ0v) is 20.1. The first-order valence-electron chi connectivity index (χ1n) is 11.8. The van der Waals surface area contributed by atoms with Gasteiger partial charge in [-0.3, -0.25) is 4.79 Å². The third kappa shape index (κ3) is 5.88. The van der Waals surface area contributed by atoms with Gasteiger partial charge in [-0.2, -0.15) is 6.42 Å². The maximum absolute atomic E-state index is 13.1. The molecule has 6 nitrogen and oxygen atoms in total. The summed E-state index contributed by atoms with van der Waals surface area (Å²) < 4.78 is 0. The van der Waals surface area contributed by atoms with Gasteiger partial charge < -0.3 is 22.0 Å². The van der Waals surface area contributed by atoms with Crippen LogP contribution >= 0.6 is 11.3 Å². The Bertz CT molecular complexity index is 883. The van der Waals surface area contributed by atoms with E-state index in [9.17, 15) is 9.59 Å². The molecule has 1 N–H and O–H groups in total. The number of anilines is 1. The quantitative estimate of drug-likeness (QED) is 0.354. The predicted octanol–water partition coefficient (Wildman–Crippen LogP) is 5.61. The Labute approximate surface area is 196 Å². The standard InChI is InChI=1S/C25H35N4O2S/c1-4-7-8-12-17-28(16-5-2)25(31)29-18-15-20(29)23(30)27-24-26-22(21(6-3)32-24)19-13-10-9-11-14-19/h9-11,13-14,20H,1,4-8,12,15-18H2,2-3H3,(H,26,27,30)/q-1. The Hall–Kier alpha value is -2.41. The number of likely N-dealkylation sites (tertiary alicyclic amines) is 1. The van der Waals surface area contributed by atoms with Crippen LogP contribution < -0.4 is 5.32 Å². The van der Waals surface area contributed by atoms with Crippen molar-refractivity contribution in [3.8, 4) is 11.3 Å². The molecule has 3 rings (SSSR count). The molecule has 7 heteroatoms. The first-order chi connectivity index (χ1) is 15.6. The number of unbranched alkanes of at least 4 members (excludes halogenated alkanes) is 3. The molecule has 32 heavy (non-hydrogen) atoms. The molecule has 0 radical (unpaired) electrons. The topological polar surface area (TPSA) is 65.5 Å². The van der Waals surface area contributed by atoms with Crippen molar-refractivity contribution in [2.45, 2.75) is 64.8 Å². The molecule has 1 fully saturated rings. The first kappa shape index (κ1) is 24.2. The minimum atomic E-state index is -0.421. The number of rotatable bonds is 11. The second-order valence-electron chi connectivity index (χ2n) is 8.18. The SMILES string of the molecule is [CH2-]CCCCCN(CCC)C(=O)N1CCC1C(=O)Nc1nc(-c2ccccc2)c(CC)s1. The number of nitrogens with zero attached hydrogens (tertiary/aromatic N) is 3. The molecule has 1 aliphatic heterocycles. The molecule has 0 spiro atoms. The number of hydrogen-bond donors (Lipinski definition) is 1. The molecule has 0 bridgehead atoms. The molecular weight excluding hydrogens is 420 g/mol. The van der Waals surface area contributed by atoms with Gasteiger partial charge in [-0.15, -0.1) is 11.3 Å². The fourth-order valence-corrected chi connectivity index (χ4v) is 4.88. The smallest absolute Gasteiger partial charge is 0.320 e. The zero-order chi connectivity index (χ0) is 22.9. The fraction of sp³-hybridized carbons (Fsp3) is 0.520. The summed E-state index contributed by atoms with van der Waals surface area (Å²) in [4.78, 5) is 35.5. The minimum absolute atomic E-state index is 0.0220. The van der Waals surface area contributed by atoms with E-state index in [4.69, 9.17) is 4.98 Å². The van der Waals surface area contributed by atoms with E-state index in [2.05, 4.69) is 26.1 Å². The summed E-state index contributed by atoms with van der Waals surface area (Å²) in [5.74, 6) is -0.144. The molecule has 0 saturated carbocycles. The number of thiazole rings is 1. The molecule has 1 saturated heterocycles. The lowest BCUT2D eigenvalue weighted by Gasteiger charge is -2.42. The van der Waals surface area contributed by atoms with Crippen LogP contribution in [0, 0.1) is 6.92 Å². The van der Waals surface area contributed by atoms with E-state index in [-0.39, 0.29) is 11.9 Å². The third-order valence-corrected chi connectivity index (χ3v) is 6.92. The lowest BCUT2D eigenvalue weighted by molar-refractivity contribution is -0.123. The van der Waals surface area contributed by atoms with Crippen molar-refractivity contribution >= 4 is 28.4 Å². The van der Waals surface area contributed by atoms with Crippen LogP contribution in [0.15, 0.2) is 30.3 Å². The van der Waals surface area contributed by atoms with Crippen LogP contribution in [0.1, 0.15) is 57.2 Å². The van der Waals surface area contributed by atoms with Crippen LogP contribution in [-0.4, -0.2) is 52.4 Å². The molecule has 1 unspecified atom stereocenters. The van der Waals surface area contributed by atoms with Gasteiger partial charge in [0.15, 0.2) is 5.13 Å². The summed E-state index contributed by atoms with van der Waals surface area (Å²) in [7, 11) is 0. The number of nitrogens with one attached hydrogen (secondary N) is 1. The number of hydrogen-bond acceptors (Lipinski definition) is 4. The average molecular weight is 456 g/mol. The van der Waals surface area contributed by atoms with E-state index in [1.54, 1.807) is 4.90 Å². The fourth-order valence-electron chi connectivity index (χ4n) is 3.95. The molecule has 1 atom stereocenters. The monoisotopic (exact) mass is 455 g/mol. The van der Waals surface area contributed by atoms with E-state index in [0.29, 0.717) is 18.1 Å². The van der Waals surface area contributed by atoms with Crippen LogP contribution in [-0.2, 0) is 11.2 Å². The van der Waals surface area contributed by atoms with Crippen molar-refractivity contribution in [1.82, 2.24) is 14.8 Å². The maximum Gasteiger partial charge on any atom is 0.320 e. The van der Waals surface area contributed by atoms with Gasteiger partial charge >= 0.3 is 6.03 Å². The Kier molecular flexibility index (Phi) is 9.09. The molecule has 0 aliphatic carbocycles. The van der Waals surface area contributed by atoms with E-state index in [1.165, 1.54) is 11.3 Å². The number of aromatic nitrogens is 1. The predicted molar refractivity (Wildman–Crippen MR) is 132 cm³/mol. The van der Waals surface area contributed by atoms with Gasteiger partial charge in [0.05, 0.1) is 5.69 Å². The number of benzene rings is 1. The summed E-state index contributed by atoms with van der Waals surface area (Å²) in [5.41, 5.74) is 1.97. The van der Waals surface area contributed by atoms with Gasteiger partial charge in [0.1, 0.15) is 6.04 Å². The largest absolute Gasteiger partial charge is 0.343 e. The first-order valence-corrected chi connectivity index (χ1v) is 12.6. The van der Waals surface area contributed by atoms with Crippen LogP contribution in [0.4, 0.5) is 9.93 Å². The van der Waals surface area contributed by atoms with Gasteiger partial charge in [-0.05, 0) is 25.7 Å². The van der Waals surface area contributed by atoms with Crippen LogP contribution in [0.25, 0.3) is 11.3 Å². The Morgan fingerprint density at radius 2 is 1.97 bits per heavy atom. The van der Waals surface area contributed by atoms with Crippen LogP contribution in [0.2, 0.25) is 0 Å². The number of aryl methyl sites for hydroxylation is 1. The second kappa shape index (κ2) is 12.0. The second-order valence-corrected chi connectivity index (χ2v) is 9.26. The molecule has 1 aromatic heterocycles. The summed E-state index contributed by atoms with van der Waals surface area (Å²) >= 11 is 1.51. The van der Waals surface area contributed by atoms with Crippen LogP contribution in [0.5, 0.6) is 0 Å². The van der Waals surface area contributed by atoms with Crippen molar-refractivity contribution < 1.29 is 9.59 Å². The van der Waals surface area contributed by atoms with Crippen molar-refractivity contribution in [1.29, 1.82) is 0 Å². The molecule has 174 valence electrons. The van der Waals surface area contributed by atoms with Gasteiger partial charge in [0.25, 0.3) is 0 Å². The highest BCUT2D eigenvalue weighted by Gasteiger charge is 2.39. The van der Waals surface area contributed by atoms with Crippen molar-refractivity contribution in [3.63, 3.8) is 0 Å². The number of amides is 3. The van der Waals surface area contributed by atoms with Gasteiger partial charge in [0, 0.05) is 30.1 Å². The van der Waals surface area contributed by atoms with E-state index in [1.807, 2.05) is 35.2 Å². The molecule has 2 aromatic rings. The molecular formula is C25H35N4O2S-. The summed E-state index contributed by atoms with van der Waals surface area (Å²) in [6, 6.07) is 9.59. The summed E-state index contributed by atoms with van der Waals surface area (Å²) in [5, 5.41) is 3.57. The Morgan fingerprint density at radius 3 is 2.59 bits per heavy atom. The summed E-state index contributed by atoms with van der Waals surface area (Å²) in [6.45, 7) is 10.1. The summed E-state index contributed by atoms with van der Waals surface area (Å²) in [6.07, 6.45) is 6.52. The molecule has 1 aliphatic rings. The van der Waals surface area contributed by atoms with Crippen molar-refractivity contribution in [2.24, 2.45) is 0 Å². The molecule has 2 heterocycles. The van der Waals surface area contributed by atoms with E-state index >= 15 is 0 Å². The third-order valence-electron chi connectivity index (χ3n) is 5.81. The molecule has 1 aromatic carbocycles. The maximum atomic E-state index is 13.1. The normalized spacial score (nSPS) is 15.3.